The molecular weight excluding hydrogens is 231 g/mol. The maximum absolute atomic E-state index is 11.8. The smallest absolute Gasteiger partial charge is 0.354 e. The molecule has 1 rings (SSSR count). The molecule has 84 valence electrons. The molecule has 0 aromatic carbocycles. The van der Waals surface area contributed by atoms with E-state index >= 15 is 0 Å². The normalized spacial score (nSPS) is 11.5. The third-order valence-electron chi connectivity index (χ3n) is 1.54. The molecule has 0 saturated carbocycles. The van der Waals surface area contributed by atoms with E-state index in [1.165, 1.54) is 12.4 Å². The molecule has 1 aromatic heterocycles. The van der Waals surface area contributed by atoms with Crippen molar-refractivity contribution < 1.29 is 13.2 Å². The Kier molecular flexibility index (Phi) is 4.14. The van der Waals surface area contributed by atoms with Gasteiger partial charge in [-0.2, -0.15) is 13.2 Å². The topological polar surface area (TPSA) is 37.8 Å². The summed E-state index contributed by atoms with van der Waals surface area (Å²) >= 11 is 5.53. The summed E-state index contributed by atoms with van der Waals surface area (Å²) in [6, 6.07) is 0. The van der Waals surface area contributed by atoms with Gasteiger partial charge in [0.2, 0.25) is 5.95 Å². The second-order valence-electron chi connectivity index (χ2n) is 2.87. The molecule has 0 atom stereocenters. The lowest BCUT2D eigenvalue weighted by Crippen LogP contribution is -2.11. The first-order valence-corrected chi connectivity index (χ1v) is 4.63. The van der Waals surface area contributed by atoms with E-state index in [4.69, 9.17) is 11.6 Å². The van der Waals surface area contributed by atoms with Gasteiger partial charge < -0.3 is 5.32 Å². The van der Waals surface area contributed by atoms with Gasteiger partial charge in [0.25, 0.3) is 0 Å². The number of alkyl halides is 3. The number of rotatable bonds is 4. The van der Waals surface area contributed by atoms with Crippen LogP contribution in [0.2, 0.25) is 5.02 Å². The first-order chi connectivity index (χ1) is 6.97. The molecule has 7 heteroatoms. The van der Waals surface area contributed by atoms with Crippen LogP contribution in [0.25, 0.3) is 0 Å². The van der Waals surface area contributed by atoms with Crippen molar-refractivity contribution in [3.05, 3.63) is 17.4 Å². The molecule has 1 heterocycles. The molecular formula is C8H9ClF3N3. The third-order valence-corrected chi connectivity index (χ3v) is 1.74. The number of aromatic nitrogens is 2. The third kappa shape index (κ3) is 5.41. The molecule has 0 aliphatic rings. The Hall–Kier alpha value is -1.04. The summed E-state index contributed by atoms with van der Waals surface area (Å²) in [6.07, 6.45) is -2.17. The Labute approximate surface area is 89.7 Å². The van der Waals surface area contributed by atoms with Crippen LogP contribution in [0.4, 0.5) is 19.1 Å². The van der Waals surface area contributed by atoms with Crippen LogP contribution in [0.3, 0.4) is 0 Å². The minimum Gasteiger partial charge on any atom is -0.354 e. The summed E-state index contributed by atoms with van der Waals surface area (Å²) in [7, 11) is 0. The first kappa shape index (κ1) is 12.0. The Morgan fingerprint density at radius 1 is 1.27 bits per heavy atom. The van der Waals surface area contributed by atoms with E-state index in [0.29, 0.717) is 5.02 Å². The summed E-state index contributed by atoms with van der Waals surface area (Å²) in [6.45, 7) is 0.182. The fourth-order valence-electron chi connectivity index (χ4n) is 0.893. The highest BCUT2D eigenvalue weighted by atomic mass is 35.5. The van der Waals surface area contributed by atoms with E-state index in [9.17, 15) is 13.2 Å². The molecule has 0 aliphatic heterocycles. The van der Waals surface area contributed by atoms with Crippen molar-refractivity contribution in [2.75, 3.05) is 11.9 Å². The van der Waals surface area contributed by atoms with E-state index in [1.54, 1.807) is 0 Å². The molecule has 3 nitrogen and oxygen atoms in total. The standard InChI is InChI=1S/C8H9ClF3N3/c9-6-4-14-7(15-5-6)13-3-1-2-8(10,11)12/h4-5H,1-3H2,(H,13,14,15). The fourth-order valence-corrected chi connectivity index (χ4v) is 0.990. The quantitative estimate of drug-likeness (QED) is 0.821. The Morgan fingerprint density at radius 3 is 2.40 bits per heavy atom. The predicted octanol–water partition coefficient (Wildman–Crippen LogP) is 2.88. The number of nitrogens with one attached hydrogen (secondary N) is 1. The van der Waals surface area contributed by atoms with Gasteiger partial charge in [-0.15, -0.1) is 0 Å². The Morgan fingerprint density at radius 2 is 1.87 bits per heavy atom. The van der Waals surface area contributed by atoms with Crippen molar-refractivity contribution in [1.29, 1.82) is 0 Å². The lowest BCUT2D eigenvalue weighted by molar-refractivity contribution is -0.134. The van der Waals surface area contributed by atoms with E-state index < -0.39 is 12.6 Å². The zero-order valence-corrected chi connectivity index (χ0v) is 8.44. The molecule has 1 N–H and O–H groups in total. The molecule has 0 bridgehead atoms. The molecule has 15 heavy (non-hydrogen) atoms. The molecule has 0 radical (unpaired) electrons. The van der Waals surface area contributed by atoms with Gasteiger partial charge in [0, 0.05) is 13.0 Å². The average molecular weight is 240 g/mol. The van der Waals surface area contributed by atoms with Crippen LogP contribution < -0.4 is 5.32 Å². The van der Waals surface area contributed by atoms with Crippen molar-refractivity contribution in [3.8, 4) is 0 Å². The first-order valence-electron chi connectivity index (χ1n) is 4.25. The van der Waals surface area contributed by atoms with Crippen molar-refractivity contribution in [1.82, 2.24) is 9.97 Å². The summed E-state index contributed by atoms with van der Waals surface area (Å²) < 4.78 is 35.3. The van der Waals surface area contributed by atoms with Gasteiger partial charge in [-0.05, 0) is 6.42 Å². The molecule has 0 aliphatic carbocycles. The largest absolute Gasteiger partial charge is 0.389 e. The number of nitrogens with zero attached hydrogens (tertiary/aromatic N) is 2. The molecule has 0 spiro atoms. The molecule has 0 unspecified atom stereocenters. The number of hydrogen-bond donors (Lipinski definition) is 1. The van der Waals surface area contributed by atoms with E-state index in [0.717, 1.165) is 0 Å². The fraction of sp³-hybridized carbons (Fsp3) is 0.500. The Bertz CT molecular complexity index is 299. The van der Waals surface area contributed by atoms with Crippen LogP contribution in [-0.2, 0) is 0 Å². The zero-order chi connectivity index (χ0) is 11.3. The molecule has 0 fully saturated rings. The van der Waals surface area contributed by atoms with Gasteiger partial charge in [0.05, 0.1) is 17.4 Å². The van der Waals surface area contributed by atoms with E-state index in [1.807, 2.05) is 0 Å². The molecule has 1 aromatic rings. The van der Waals surface area contributed by atoms with Gasteiger partial charge in [0.15, 0.2) is 0 Å². The van der Waals surface area contributed by atoms with Crippen LogP contribution in [0.15, 0.2) is 12.4 Å². The van der Waals surface area contributed by atoms with Crippen molar-refractivity contribution in [2.45, 2.75) is 19.0 Å². The van der Waals surface area contributed by atoms with Crippen LogP contribution >= 0.6 is 11.6 Å². The highest BCUT2D eigenvalue weighted by Gasteiger charge is 2.25. The zero-order valence-electron chi connectivity index (χ0n) is 7.68. The summed E-state index contributed by atoms with van der Waals surface area (Å²) in [4.78, 5) is 7.55. The van der Waals surface area contributed by atoms with E-state index in [2.05, 4.69) is 15.3 Å². The van der Waals surface area contributed by atoms with Crippen molar-refractivity contribution >= 4 is 17.5 Å². The maximum Gasteiger partial charge on any atom is 0.389 e. The second-order valence-corrected chi connectivity index (χ2v) is 3.31. The van der Waals surface area contributed by atoms with Gasteiger partial charge in [0.1, 0.15) is 0 Å². The maximum atomic E-state index is 11.8. The van der Waals surface area contributed by atoms with Crippen molar-refractivity contribution in [2.24, 2.45) is 0 Å². The van der Waals surface area contributed by atoms with E-state index in [-0.39, 0.29) is 18.9 Å². The average Bonchev–Trinajstić information content (AvgIpc) is 2.14. The van der Waals surface area contributed by atoms with Crippen LogP contribution in [0.1, 0.15) is 12.8 Å². The van der Waals surface area contributed by atoms with Gasteiger partial charge in [-0.1, -0.05) is 11.6 Å². The van der Waals surface area contributed by atoms with Gasteiger partial charge >= 0.3 is 6.18 Å². The Balaban J connectivity index is 2.23. The highest BCUT2D eigenvalue weighted by Crippen LogP contribution is 2.20. The highest BCUT2D eigenvalue weighted by molar-refractivity contribution is 6.30. The number of hydrogen-bond acceptors (Lipinski definition) is 3. The predicted molar refractivity (Wildman–Crippen MR) is 50.8 cm³/mol. The van der Waals surface area contributed by atoms with Crippen molar-refractivity contribution in [3.63, 3.8) is 0 Å². The number of halogens is 4. The monoisotopic (exact) mass is 239 g/mol. The van der Waals surface area contributed by atoms with Crippen LogP contribution in [-0.4, -0.2) is 22.7 Å². The lowest BCUT2D eigenvalue weighted by Gasteiger charge is -2.06. The summed E-state index contributed by atoms with van der Waals surface area (Å²) in [5.41, 5.74) is 0. The van der Waals surface area contributed by atoms with Crippen LogP contribution in [0.5, 0.6) is 0 Å². The number of anilines is 1. The van der Waals surface area contributed by atoms with Crippen LogP contribution in [0, 0.1) is 0 Å². The summed E-state index contributed by atoms with van der Waals surface area (Å²) in [5.74, 6) is 0.279. The second kappa shape index (κ2) is 5.16. The SMILES string of the molecule is FC(F)(F)CCCNc1ncc(Cl)cn1. The molecule has 0 amide bonds. The molecule has 0 saturated heterocycles. The van der Waals surface area contributed by atoms with Gasteiger partial charge in [-0.3, -0.25) is 0 Å². The lowest BCUT2D eigenvalue weighted by atomic mass is 10.3. The minimum atomic E-state index is -4.11. The van der Waals surface area contributed by atoms with Gasteiger partial charge in [-0.25, -0.2) is 9.97 Å². The summed E-state index contributed by atoms with van der Waals surface area (Å²) in [5, 5.41) is 3.05. The minimum absolute atomic E-state index is 0.00448.